The zero-order valence-corrected chi connectivity index (χ0v) is 18.1. The fourth-order valence-electron chi connectivity index (χ4n) is 2.96. The molecule has 1 aliphatic heterocycles. The van der Waals surface area contributed by atoms with Crippen molar-refractivity contribution >= 4 is 45.2 Å². The Balaban J connectivity index is 1.62. The van der Waals surface area contributed by atoms with E-state index in [4.69, 9.17) is 9.47 Å². The molecule has 0 N–H and O–H groups in total. The molecule has 1 heterocycles. The molecule has 10 nitrogen and oxygen atoms in total. The molecule has 0 unspecified atom stereocenters. The molecule has 0 bridgehead atoms. The van der Waals surface area contributed by atoms with Crippen molar-refractivity contribution in [3.63, 3.8) is 0 Å². The van der Waals surface area contributed by atoms with E-state index in [0.29, 0.717) is 11.1 Å². The van der Waals surface area contributed by atoms with Crippen molar-refractivity contribution in [3.8, 4) is 11.5 Å². The van der Waals surface area contributed by atoms with Gasteiger partial charge in [0.25, 0.3) is 5.69 Å². The summed E-state index contributed by atoms with van der Waals surface area (Å²) in [7, 11) is 0. The first-order valence-electron chi connectivity index (χ1n) is 9.30. The summed E-state index contributed by atoms with van der Waals surface area (Å²) in [4.78, 5) is 37.3. The van der Waals surface area contributed by atoms with E-state index in [-0.39, 0.29) is 23.1 Å². The van der Waals surface area contributed by atoms with Crippen LogP contribution in [0.2, 0.25) is 0 Å². The van der Waals surface area contributed by atoms with E-state index < -0.39 is 27.2 Å². The number of nitro benzene ring substituents is 2. The topological polar surface area (TPSA) is 134 Å². The van der Waals surface area contributed by atoms with Gasteiger partial charge < -0.3 is 9.47 Å². The molecule has 3 aromatic carbocycles. The summed E-state index contributed by atoms with van der Waals surface area (Å²) in [5.74, 6) is -0.404. The number of hydrogen-bond acceptors (Lipinski definition) is 8. The van der Waals surface area contributed by atoms with Crippen LogP contribution in [0.5, 0.6) is 11.5 Å². The highest BCUT2D eigenvalue weighted by molar-refractivity contribution is 9.10. The molecule has 0 spiro atoms. The van der Waals surface area contributed by atoms with Crippen LogP contribution in [0.1, 0.15) is 11.1 Å². The quantitative estimate of drug-likeness (QED) is 0.188. The largest absolute Gasteiger partial charge is 0.450 e. The normalized spacial score (nSPS) is 14.0. The predicted octanol–water partition coefficient (Wildman–Crippen LogP) is 5.40. The van der Waals surface area contributed by atoms with Gasteiger partial charge in [0.15, 0.2) is 5.70 Å². The lowest BCUT2D eigenvalue weighted by Crippen LogP contribution is -2.05. The number of carbonyl (C=O) groups excluding carboxylic acids is 1. The number of hydrogen-bond donors (Lipinski definition) is 0. The fraction of sp³-hybridized carbons (Fsp3) is 0. The molecule has 3 aromatic rings. The van der Waals surface area contributed by atoms with E-state index in [1.165, 1.54) is 12.1 Å². The van der Waals surface area contributed by atoms with Gasteiger partial charge >= 0.3 is 11.7 Å². The Morgan fingerprint density at radius 1 is 0.970 bits per heavy atom. The minimum absolute atomic E-state index is 0.0687. The van der Waals surface area contributed by atoms with Crippen LogP contribution in [0.15, 0.2) is 81.9 Å². The lowest BCUT2D eigenvalue weighted by molar-refractivity contribution is -0.394. The molecule has 0 amide bonds. The highest BCUT2D eigenvalue weighted by atomic mass is 79.9. The minimum atomic E-state index is -0.763. The van der Waals surface area contributed by atoms with Gasteiger partial charge in [-0.3, -0.25) is 20.2 Å². The van der Waals surface area contributed by atoms with E-state index in [1.54, 1.807) is 36.4 Å². The Kier molecular flexibility index (Phi) is 5.96. The van der Waals surface area contributed by atoms with Crippen molar-refractivity contribution in [3.05, 3.63) is 108 Å². The lowest BCUT2D eigenvalue weighted by atomic mass is 10.2. The molecule has 4 rings (SSSR count). The third-order valence-electron chi connectivity index (χ3n) is 4.46. The summed E-state index contributed by atoms with van der Waals surface area (Å²) < 4.78 is 11.6. The molecule has 0 radical (unpaired) electrons. The molecule has 1 aliphatic rings. The molecule has 0 saturated heterocycles. The maximum Gasteiger partial charge on any atom is 0.363 e. The van der Waals surface area contributed by atoms with Crippen molar-refractivity contribution in [2.24, 2.45) is 4.99 Å². The van der Waals surface area contributed by atoms with Crippen LogP contribution in [0.4, 0.5) is 11.4 Å². The number of aliphatic imine (C=N–C) groups is 1. The van der Waals surface area contributed by atoms with Gasteiger partial charge in [-0.25, -0.2) is 9.79 Å². The van der Waals surface area contributed by atoms with Gasteiger partial charge in [0.1, 0.15) is 5.75 Å². The summed E-state index contributed by atoms with van der Waals surface area (Å²) >= 11 is 3.39. The predicted molar refractivity (Wildman–Crippen MR) is 121 cm³/mol. The summed E-state index contributed by atoms with van der Waals surface area (Å²) in [6.07, 6.45) is 1.49. The first kappa shape index (κ1) is 21.8. The number of non-ortho nitro benzene ring substituents is 1. The first-order valence-corrected chi connectivity index (χ1v) is 10.1. The Labute approximate surface area is 194 Å². The van der Waals surface area contributed by atoms with Crippen LogP contribution in [0, 0.1) is 20.2 Å². The second-order valence-corrected chi connectivity index (χ2v) is 7.51. The molecular formula is C22H12BrN3O7. The summed E-state index contributed by atoms with van der Waals surface area (Å²) in [6.45, 7) is 0. The van der Waals surface area contributed by atoms with E-state index in [9.17, 15) is 25.0 Å². The smallest absolute Gasteiger partial charge is 0.363 e. The number of ether oxygens (including phenoxy) is 2. The van der Waals surface area contributed by atoms with Crippen molar-refractivity contribution in [1.82, 2.24) is 0 Å². The van der Waals surface area contributed by atoms with Crippen molar-refractivity contribution in [2.75, 3.05) is 0 Å². The summed E-state index contributed by atoms with van der Waals surface area (Å²) in [5.41, 5.74) is 0.248. The maximum absolute atomic E-state index is 12.3. The van der Waals surface area contributed by atoms with Gasteiger partial charge in [-0.1, -0.05) is 24.3 Å². The maximum atomic E-state index is 12.3. The van der Waals surface area contributed by atoms with Gasteiger partial charge in [-0.15, -0.1) is 0 Å². The SMILES string of the molecule is O=C1OC(c2ccccc2Br)=N/C1=C\c1cccc(Oc2ccc([N+](=O)[O-])cc2[N+](=O)[O-])c1. The lowest BCUT2D eigenvalue weighted by Gasteiger charge is -2.07. The average Bonchev–Trinajstić information content (AvgIpc) is 3.14. The van der Waals surface area contributed by atoms with E-state index in [1.807, 2.05) is 6.07 Å². The first-order chi connectivity index (χ1) is 15.8. The van der Waals surface area contributed by atoms with E-state index >= 15 is 0 Å². The molecule has 0 atom stereocenters. The number of carbonyl (C=O) groups is 1. The monoisotopic (exact) mass is 509 g/mol. The standard InChI is InChI=1S/C22H12BrN3O7/c23-17-7-2-1-6-16(17)21-24-18(22(27)33-21)11-13-4-3-5-15(10-13)32-20-9-8-14(25(28)29)12-19(20)26(30)31/h1-12H/b18-11-. The van der Waals surface area contributed by atoms with E-state index in [2.05, 4.69) is 20.9 Å². The van der Waals surface area contributed by atoms with Crippen LogP contribution >= 0.6 is 15.9 Å². The van der Waals surface area contributed by atoms with Gasteiger partial charge in [-0.2, -0.15) is 0 Å². The summed E-state index contributed by atoms with van der Waals surface area (Å²) in [6, 6.07) is 16.7. The van der Waals surface area contributed by atoms with Crippen molar-refractivity contribution < 1.29 is 24.1 Å². The van der Waals surface area contributed by atoms with Gasteiger partial charge in [0.05, 0.1) is 21.5 Å². The van der Waals surface area contributed by atoms with Crippen molar-refractivity contribution in [2.45, 2.75) is 0 Å². The Morgan fingerprint density at radius 3 is 2.48 bits per heavy atom. The van der Waals surface area contributed by atoms with Crippen LogP contribution in [0.3, 0.4) is 0 Å². The second-order valence-electron chi connectivity index (χ2n) is 6.66. The third-order valence-corrected chi connectivity index (χ3v) is 5.16. The molecule has 164 valence electrons. The molecule has 0 saturated carbocycles. The van der Waals surface area contributed by atoms with Crippen LogP contribution in [-0.4, -0.2) is 21.7 Å². The number of cyclic esters (lactones) is 1. The Morgan fingerprint density at radius 2 is 1.76 bits per heavy atom. The number of esters is 1. The third kappa shape index (κ3) is 4.77. The highest BCUT2D eigenvalue weighted by Gasteiger charge is 2.25. The Bertz CT molecular complexity index is 1370. The number of halogens is 1. The highest BCUT2D eigenvalue weighted by Crippen LogP contribution is 2.35. The molecule has 0 aromatic heterocycles. The zero-order valence-electron chi connectivity index (χ0n) is 16.5. The molecule has 0 aliphatic carbocycles. The summed E-state index contributed by atoms with van der Waals surface area (Å²) in [5, 5.41) is 22.2. The fourth-order valence-corrected chi connectivity index (χ4v) is 3.41. The molecular weight excluding hydrogens is 498 g/mol. The average molecular weight is 510 g/mol. The van der Waals surface area contributed by atoms with Crippen LogP contribution < -0.4 is 4.74 Å². The number of nitro groups is 2. The molecule has 11 heteroatoms. The minimum Gasteiger partial charge on any atom is -0.450 e. The second kappa shape index (κ2) is 9.01. The number of benzene rings is 3. The number of rotatable bonds is 6. The zero-order chi connectivity index (χ0) is 23.5. The van der Waals surface area contributed by atoms with Gasteiger partial charge in [-0.05, 0) is 57.9 Å². The number of nitrogens with zero attached hydrogens (tertiary/aromatic N) is 3. The molecule has 0 fully saturated rings. The van der Waals surface area contributed by atoms with Crippen LogP contribution in [0.25, 0.3) is 6.08 Å². The van der Waals surface area contributed by atoms with E-state index in [0.717, 1.165) is 22.7 Å². The molecule has 33 heavy (non-hydrogen) atoms. The van der Waals surface area contributed by atoms with Gasteiger partial charge in [0.2, 0.25) is 11.6 Å². The Hall–Kier alpha value is -4.38. The van der Waals surface area contributed by atoms with Crippen LogP contribution in [-0.2, 0) is 9.53 Å². The van der Waals surface area contributed by atoms with Crippen molar-refractivity contribution in [1.29, 1.82) is 0 Å². The van der Waals surface area contributed by atoms with Gasteiger partial charge in [0, 0.05) is 10.5 Å².